The van der Waals surface area contributed by atoms with Crippen LogP contribution in [0.3, 0.4) is 0 Å². The first kappa shape index (κ1) is 11.0. The van der Waals surface area contributed by atoms with Crippen LogP contribution in [-0.2, 0) is 4.74 Å². The number of aliphatic carboxylic acids is 1. The van der Waals surface area contributed by atoms with E-state index < -0.39 is 11.5 Å². The molecule has 0 aromatic rings. The summed E-state index contributed by atoms with van der Waals surface area (Å²) in [4.78, 5) is 13.1. The zero-order valence-electron chi connectivity index (χ0n) is 9.16. The van der Waals surface area contributed by atoms with Crippen molar-refractivity contribution in [2.45, 2.75) is 39.7 Å². The molecule has 1 saturated heterocycles. The Kier molecular flexibility index (Phi) is 2.56. The molecule has 4 nitrogen and oxygen atoms in total. The Bertz CT molecular complexity index is 279. The highest BCUT2D eigenvalue weighted by atomic mass is 16.5. The number of rotatable bonds is 2. The highest BCUT2D eigenvalue weighted by molar-refractivity contribution is 5.85. The van der Waals surface area contributed by atoms with E-state index in [1.807, 2.05) is 0 Å². The SMILES string of the molecule is CC1(C)COC(=NC(C)(C)C(O)=[OH+])C1. The van der Waals surface area contributed by atoms with Gasteiger partial charge >= 0.3 is 5.97 Å². The van der Waals surface area contributed by atoms with E-state index in [1.54, 1.807) is 13.8 Å². The quantitative estimate of drug-likeness (QED) is 0.689. The van der Waals surface area contributed by atoms with Gasteiger partial charge in [-0.2, -0.15) is 0 Å². The van der Waals surface area contributed by atoms with Gasteiger partial charge in [-0.05, 0) is 13.8 Å². The van der Waals surface area contributed by atoms with E-state index in [2.05, 4.69) is 18.8 Å². The molecule has 1 heterocycles. The van der Waals surface area contributed by atoms with Crippen LogP contribution in [0.1, 0.15) is 34.1 Å². The summed E-state index contributed by atoms with van der Waals surface area (Å²) in [6.45, 7) is 8.07. The Hall–Kier alpha value is -1.06. The van der Waals surface area contributed by atoms with Crippen LogP contribution >= 0.6 is 0 Å². The Labute approximate surface area is 84.0 Å². The third kappa shape index (κ3) is 2.47. The zero-order valence-corrected chi connectivity index (χ0v) is 9.16. The first-order chi connectivity index (χ1) is 6.23. The Morgan fingerprint density at radius 3 is 2.50 bits per heavy atom. The molecule has 1 aliphatic heterocycles. The van der Waals surface area contributed by atoms with E-state index >= 15 is 0 Å². The summed E-state index contributed by atoms with van der Waals surface area (Å²) in [7, 11) is 0. The molecular formula is C10H18NO3+. The normalized spacial score (nSPS) is 23.6. The topological polar surface area (TPSA) is 63.2 Å². The van der Waals surface area contributed by atoms with E-state index in [1.165, 1.54) is 0 Å². The number of ether oxygens (including phenoxy) is 1. The number of hydrogen-bond donors (Lipinski definition) is 1. The van der Waals surface area contributed by atoms with Crippen molar-refractivity contribution < 1.29 is 14.6 Å². The lowest BCUT2D eigenvalue weighted by atomic mass is 9.93. The van der Waals surface area contributed by atoms with E-state index in [9.17, 15) is 0 Å². The van der Waals surface area contributed by atoms with Gasteiger partial charge in [-0.15, -0.1) is 0 Å². The van der Waals surface area contributed by atoms with Gasteiger partial charge in [-0.25, -0.2) is 4.99 Å². The summed E-state index contributed by atoms with van der Waals surface area (Å²) in [5.41, 5.74) is -0.879. The van der Waals surface area contributed by atoms with E-state index in [4.69, 9.17) is 14.6 Å². The minimum absolute atomic E-state index is 0.0972. The second-order valence-electron chi connectivity index (χ2n) is 5.02. The fraction of sp³-hybridized carbons (Fsp3) is 0.800. The van der Waals surface area contributed by atoms with Crippen molar-refractivity contribution in [1.29, 1.82) is 0 Å². The molecule has 0 spiro atoms. The van der Waals surface area contributed by atoms with Crippen LogP contribution in [0.25, 0.3) is 0 Å². The van der Waals surface area contributed by atoms with Crippen molar-refractivity contribution in [1.82, 2.24) is 0 Å². The van der Waals surface area contributed by atoms with Gasteiger partial charge in [0, 0.05) is 11.8 Å². The van der Waals surface area contributed by atoms with Gasteiger partial charge in [0.15, 0.2) is 5.90 Å². The molecule has 0 aromatic heterocycles. The van der Waals surface area contributed by atoms with E-state index in [0.717, 1.165) is 6.42 Å². The first-order valence-corrected chi connectivity index (χ1v) is 4.70. The molecule has 0 amide bonds. The summed E-state index contributed by atoms with van der Waals surface area (Å²) in [6.07, 6.45) is 0.740. The van der Waals surface area contributed by atoms with Gasteiger partial charge in [-0.1, -0.05) is 13.8 Å². The fourth-order valence-corrected chi connectivity index (χ4v) is 1.22. The average molecular weight is 200 g/mol. The van der Waals surface area contributed by atoms with Crippen LogP contribution < -0.4 is 0 Å². The monoisotopic (exact) mass is 200 g/mol. The van der Waals surface area contributed by atoms with Crippen LogP contribution in [0.5, 0.6) is 0 Å². The molecule has 14 heavy (non-hydrogen) atoms. The lowest BCUT2D eigenvalue weighted by Crippen LogP contribution is -2.30. The molecule has 1 fully saturated rings. The third-order valence-corrected chi connectivity index (χ3v) is 2.21. The largest absolute Gasteiger partial charge is 0.508 e. The highest BCUT2D eigenvalue weighted by Gasteiger charge is 2.37. The molecule has 0 unspecified atom stereocenters. The minimum Gasteiger partial charge on any atom is -0.480 e. The summed E-state index contributed by atoms with van der Waals surface area (Å²) in [6, 6.07) is 0. The van der Waals surface area contributed by atoms with E-state index in [-0.39, 0.29) is 5.41 Å². The van der Waals surface area contributed by atoms with Crippen LogP contribution in [0.15, 0.2) is 4.99 Å². The first-order valence-electron chi connectivity index (χ1n) is 4.70. The molecule has 2 N–H and O–H groups in total. The molecule has 0 aliphatic carbocycles. The maximum absolute atomic E-state index is 8.98. The minimum atomic E-state index is -0.976. The Morgan fingerprint density at radius 2 is 2.14 bits per heavy atom. The van der Waals surface area contributed by atoms with Crippen molar-refractivity contribution in [2.24, 2.45) is 10.4 Å². The predicted molar refractivity (Wildman–Crippen MR) is 55.4 cm³/mol. The van der Waals surface area contributed by atoms with Gasteiger partial charge in [0.05, 0.1) is 6.61 Å². The second-order valence-corrected chi connectivity index (χ2v) is 5.02. The van der Waals surface area contributed by atoms with Crippen molar-refractivity contribution >= 4 is 11.9 Å². The molecule has 0 saturated carbocycles. The number of aliphatic imine (C=N–C) groups is 1. The molecule has 0 atom stereocenters. The third-order valence-electron chi connectivity index (χ3n) is 2.21. The van der Waals surface area contributed by atoms with Crippen molar-refractivity contribution in [3.8, 4) is 0 Å². The highest BCUT2D eigenvalue weighted by Crippen LogP contribution is 2.29. The lowest BCUT2D eigenvalue weighted by Gasteiger charge is -2.11. The molecular weight excluding hydrogens is 182 g/mol. The summed E-state index contributed by atoms with van der Waals surface area (Å²) < 4.78 is 5.37. The average Bonchev–Trinajstić information content (AvgIpc) is 2.28. The Morgan fingerprint density at radius 1 is 1.57 bits per heavy atom. The van der Waals surface area contributed by atoms with Crippen molar-refractivity contribution in [2.75, 3.05) is 6.61 Å². The number of carboxylic acid groups (broad SMARTS) is 1. The maximum Gasteiger partial charge on any atom is 0.508 e. The molecule has 1 rings (SSSR count). The van der Waals surface area contributed by atoms with Crippen LogP contribution in [-0.4, -0.2) is 33.9 Å². The number of carboxylic acids is 1. The summed E-state index contributed by atoms with van der Waals surface area (Å²) in [5.74, 6) is -0.0843. The predicted octanol–water partition coefficient (Wildman–Crippen LogP) is 1.67. The fourth-order valence-electron chi connectivity index (χ4n) is 1.22. The molecule has 1 aliphatic rings. The molecule has 0 radical (unpaired) electrons. The van der Waals surface area contributed by atoms with Gasteiger partial charge in [0.25, 0.3) is 0 Å². The zero-order chi connectivity index (χ0) is 11.0. The van der Waals surface area contributed by atoms with E-state index in [0.29, 0.717) is 12.5 Å². The molecule has 0 bridgehead atoms. The number of nitrogens with zero attached hydrogens (tertiary/aromatic N) is 1. The standard InChI is InChI=1S/C10H17NO3/c1-9(2)5-7(14-6-9)11-10(3,4)8(12)13/h5-6H2,1-4H3,(H,12,13)/p+1. The molecule has 4 heteroatoms. The van der Waals surface area contributed by atoms with Crippen LogP contribution in [0, 0.1) is 5.41 Å². The smallest absolute Gasteiger partial charge is 0.480 e. The summed E-state index contributed by atoms with van der Waals surface area (Å²) >= 11 is 0. The lowest BCUT2D eigenvalue weighted by molar-refractivity contribution is 0.240. The second kappa shape index (κ2) is 3.26. The van der Waals surface area contributed by atoms with Crippen molar-refractivity contribution in [3.63, 3.8) is 0 Å². The molecule has 80 valence electrons. The van der Waals surface area contributed by atoms with Crippen molar-refractivity contribution in [3.05, 3.63) is 0 Å². The number of aliphatic hydroxyl groups excluding tert-OH is 1. The van der Waals surface area contributed by atoms with Gasteiger partial charge in [-0.3, -0.25) is 0 Å². The van der Waals surface area contributed by atoms with Gasteiger partial charge in [0.2, 0.25) is 5.54 Å². The summed E-state index contributed by atoms with van der Waals surface area (Å²) in [5, 5.41) is 8.98. The van der Waals surface area contributed by atoms with Gasteiger partial charge < -0.3 is 14.6 Å². The van der Waals surface area contributed by atoms with Gasteiger partial charge in [0.1, 0.15) is 0 Å². The maximum atomic E-state index is 8.98. The Balaban J connectivity index is 2.76. The van der Waals surface area contributed by atoms with Crippen LogP contribution in [0.4, 0.5) is 0 Å². The molecule has 0 aromatic carbocycles. The number of hydrogen-bond acceptors (Lipinski definition) is 2. The van der Waals surface area contributed by atoms with Crippen LogP contribution in [0.2, 0.25) is 0 Å².